The van der Waals surface area contributed by atoms with Crippen molar-refractivity contribution in [2.24, 2.45) is 5.41 Å². The number of esters is 1. The molecule has 0 radical (unpaired) electrons. The third-order valence-electron chi connectivity index (χ3n) is 8.22. The van der Waals surface area contributed by atoms with Crippen LogP contribution in [0, 0.1) is 5.41 Å². The lowest BCUT2D eigenvalue weighted by Crippen LogP contribution is -2.48. The molecule has 230 valence electrons. The summed E-state index contributed by atoms with van der Waals surface area (Å²) in [5.41, 5.74) is 2.31. The first-order chi connectivity index (χ1) is 20.4. The maximum atomic E-state index is 14.1. The van der Waals surface area contributed by atoms with Crippen molar-refractivity contribution in [3.8, 4) is 11.3 Å². The minimum atomic E-state index is -0.920. The van der Waals surface area contributed by atoms with Gasteiger partial charge in [0.2, 0.25) is 11.8 Å². The van der Waals surface area contributed by atoms with Crippen LogP contribution in [-0.2, 0) is 38.5 Å². The zero-order valence-corrected chi connectivity index (χ0v) is 26.7. The molecule has 0 unspecified atom stereocenters. The van der Waals surface area contributed by atoms with Crippen LogP contribution in [0.3, 0.4) is 0 Å². The molecule has 0 bridgehead atoms. The number of carbonyl (C=O) groups excluding carboxylic acids is 3. The van der Waals surface area contributed by atoms with Gasteiger partial charge in [0.15, 0.2) is 5.13 Å². The summed E-state index contributed by atoms with van der Waals surface area (Å²) in [4.78, 5) is 49.4. The fourth-order valence-electron chi connectivity index (χ4n) is 6.05. The molecule has 0 spiro atoms. The first kappa shape index (κ1) is 30.9. The van der Waals surface area contributed by atoms with Crippen molar-refractivity contribution in [3.63, 3.8) is 0 Å². The highest BCUT2D eigenvalue weighted by atomic mass is 32.1. The van der Waals surface area contributed by atoms with E-state index >= 15 is 0 Å². The number of rotatable bonds is 9. The van der Waals surface area contributed by atoms with E-state index in [1.54, 1.807) is 18.9 Å². The first-order valence-corrected chi connectivity index (χ1v) is 15.8. The van der Waals surface area contributed by atoms with Gasteiger partial charge in [-0.1, -0.05) is 24.3 Å². The smallest absolute Gasteiger partial charge is 0.307 e. The number of hydrogen-bond acceptors (Lipinski definition) is 8. The van der Waals surface area contributed by atoms with Crippen LogP contribution in [0.25, 0.3) is 11.3 Å². The molecule has 2 aromatic heterocycles. The van der Waals surface area contributed by atoms with E-state index in [9.17, 15) is 14.4 Å². The quantitative estimate of drug-likeness (QED) is 0.339. The van der Waals surface area contributed by atoms with Gasteiger partial charge < -0.3 is 9.64 Å². The summed E-state index contributed by atoms with van der Waals surface area (Å²) in [6.45, 7) is 12.3. The van der Waals surface area contributed by atoms with E-state index in [1.165, 1.54) is 11.3 Å². The number of ether oxygens (including phenoxy) is 1. The number of thiazole rings is 1. The van der Waals surface area contributed by atoms with Crippen LogP contribution in [0.4, 0.5) is 5.13 Å². The Morgan fingerprint density at radius 2 is 1.72 bits per heavy atom. The van der Waals surface area contributed by atoms with Gasteiger partial charge in [0, 0.05) is 70.4 Å². The molecule has 0 N–H and O–H groups in total. The molecule has 10 nitrogen and oxygen atoms in total. The van der Waals surface area contributed by atoms with E-state index < -0.39 is 11.0 Å². The fraction of sp³-hybridized carbons (Fsp3) is 0.531. The summed E-state index contributed by atoms with van der Waals surface area (Å²) in [6, 6.07) is 8.02. The second kappa shape index (κ2) is 12.6. The van der Waals surface area contributed by atoms with Crippen LogP contribution < -0.4 is 4.90 Å². The molecular formula is C32H42N6O4S. The molecule has 5 rings (SSSR count). The molecule has 3 aromatic rings. The van der Waals surface area contributed by atoms with Gasteiger partial charge in [0.1, 0.15) is 5.60 Å². The highest BCUT2D eigenvalue weighted by Crippen LogP contribution is 2.43. The monoisotopic (exact) mass is 606 g/mol. The van der Waals surface area contributed by atoms with Gasteiger partial charge in [0.05, 0.1) is 23.7 Å². The predicted octanol–water partition coefficient (Wildman–Crippen LogP) is 4.04. The number of nitrogens with zero attached hydrogens (tertiary/aromatic N) is 6. The van der Waals surface area contributed by atoms with Crippen LogP contribution in [0.2, 0.25) is 0 Å². The lowest BCUT2D eigenvalue weighted by atomic mass is 9.80. The van der Waals surface area contributed by atoms with Crippen molar-refractivity contribution in [2.75, 3.05) is 44.7 Å². The topological polar surface area (TPSA) is 101 Å². The van der Waals surface area contributed by atoms with Crippen molar-refractivity contribution in [3.05, 3.63) is 53.2 Å². The van der Waals surface area contributed by atoms with Gasteiger partial charge in [-0.15, -0.1) is 11.3 Å². The summed E-state index contributed by atoms with van der Waals surface area (Å²) in [5.74, 6) is -0.350. The standard InChI is InChI=1S/C32H42N6O4S/c1-23(39)37-15-13-36(14-16-37)11-8-12-38-21-26(20-33-38)27-22-43-30(34-27)35(5)29(41)32(19-28(40)42-31(2,3)4)17-24-9-6-7-10-25(24)18-32/h6-7,9-10,20-22H,8,11-19H2,1-5H3. The van der Waals surface area contributed by atoms with E-state index in [1.807, 2.05) is 72.4 Å². The van der Waals surface area contributed by atoms with E-state index in [2.05, 4.69) is 10.00 Å². The van der Waals surface area contributed by atoms with Gasteiger partial charge in [-0.2, -0.15) is 5.10 Å². The molecule has 43 heavy (non-hydrogen) atoms. The number of aryl methyl sites for hydroxylation is 1. The Bertz CT molecular complexity index is 1440. The van der Waals surface area contributed by atoms with Crippen LogP contribution in [0.1, 0.15) is 51.7 Å². The van der Waals surface area contributed by atoms with E-state index in [-0.39, 0.29) is 24.2 Å². The van der Waals surface area contributed by atoms with Crippen LogP contribution in [0.5, 0.6) is 0 Å². The number of benzene rings is 1. The Morgan fingerprint density at radius 3 is 2.35 bits per heavy atom. The lowest BCUT2D eigenvalue weighted by Gasteiger charge is -2.34. The largest absolute Gasteiger partial charge is 0.460 e. The summed E-state index contributed by atoms with van der Waals surface area (Å²) < 4.78 is 7.58. The molecule has 2 amide bonds. The molecule has 3 heterocycles. The SMILES string of the molecule is CC(=O)N1CCN(CCCn2cc(-c3csc(N(C)C(=O)C4(CC(=O)OC(C)(C)C)Cc5ccccc5C4)n3)cn2)CC1. The molecule has 2 aliphatic rings. The first-order valence-electron chi connectivity index (χ1n) is 15.0. The fourth-order valence-corrected chi connectivity index (χ4v) is 6.85. The van der Waals surface area contributed by atoms with Gasteiger partial charge in [-0.3, -0.25) is 28.9 Å². The molecular weight excluding hydrogens is 564 g/mol. The maximum Gasteiger partial charge on any atom is 0.307 e. The Balaban J connectivity index is 1.22. The molecule has 11 heteroatoms. The zero-order chi connectivity index (χ0) is 30.8. The average molecular weight is 607 g/mol. The van der Waals surface area contributed by atoms with Gasteiger partial charge in [-0.05, 0) is 51.2 Å². The third kappa shape index (κ3) is 7.33. The molecule has 1 saturated heterocycles. The zero-order valence-electron chi connectivity index (χ0n) is 25.8. The number of carbonyl (C=O) groups is 3. The number of anilines is 1. The predicted molar refractivity (Wildman–Crippen MR) is 167 cm³/mol. The van der Waals surface area contributed by atoms with Crippen molar-refractivity contribution in [1.82, 2.24) is 24.6 Å². The average Bonchev–Trinajstić information content (AvgIpc) is 3.70. The Labute approximate surface area is 257 Å². The molecule has 0 saturated carbocycles. The van der Waals surface area contributed by atoms with Crippen molar-refractivity contribution in [1.29, 1.82) is 0 Å². The second-order valence-electron chi connectivity index (χ2n) is 12.7. The van der Waals surface area contributed by atoms with E-state index in [4.69, 9.17) is 9.72 Å². The molecule has 1 aromatic carbocycles. The number of amides is 2. The minimum absolute atomic E-state index is 0.0134. The van der Waals surface area contributed by atoms with Crippen LogP contribution in [-0.4, -0.2) is 87.7 Å². The summed E-state index contributed by atoms with van der Waals surface area (Å²) >= 11 is 1.41. The highest BCUT2D eigenvalue weighted by molar-refractivity contribution is 7.14. The van der Waals surface area contributed by atoms with Gasteiger partial charge in [0.25, 0.3) is 0 Å². The Hall–Kier alpha value is -3.57. The van der Waals surface area contributed by atoms with Crippen LogP contribution in [0.15, 0.2) is 42.0 Å². The molecule has 0 atom stereocenters. The maximum absolute atomic E-state index is 14.1. The van der Waals surface area contributed by atoms with Crippen molar-refractivity contribution < 1.29 is 19.1 Å². The molecule has 1 fully saturated rings. The molecule has 1 aliphatic heterocycles. The molecule has 1 aliphatic carbocycles. The van der Waals surface area contributed by atoms with Crippen molar-refractivity contribution >= 4 is 34.3 Å². The second-order valence-corrected chi connectivity index (χ2v) is 13.6. The van der Waals surface area contributed by atoms with Crippen molar-refractivity contribution in [2.45, 2.75) is 65.5 Å². The summed E-state index contributed by atoms with van der Waals surface area (Å²) in [6.07, 6.45) is 5.75. The van der Waals surface area contributed by atoms with Crippen LogP contribution >= 0.6 is 11.3 Å². The third-order valence-corrected chi connectivity index (χ3v) is 9.14. The minimum Gasteiger partial charge on any atom is -0.460 e. The Morgan fingerprint density at radius 1 is 1.05 bits per heavy atom. The lowest BCUT2D eigenvalue weighted by molar-refractivity contribution is -0.159. The number of fused-ring (bicyclic) bond motifs is 1. The van der Waals surface area contributed by atoms with E-state index in [0.717, 1.165) is 68.1 Å². The highest BCUT2D eigenvalue weighted by Gasteiger charge is 2.48. The van der Waals surface area contributed by atoms with Gasteiger partial charge in [-0.25, -0.2) is 4.98 Å². The number of piperazine rings is 1. The number of aromatic nitrogens is 3. The number of hydrogen-bond donors (Lipinski definition) is 0. The Kier molecular flexibility index (Phi) is 9.03. The van der Waals surface area contributed by atoms with E-state index in [0.29, 0.717) is 18.0 Å². The summed E-state index contributed by atoms with van der Waals surface area (Å²) in [7, 11) is 1.74. The summed E-state index contributed by atoms with van der Waals surface area (Å²) in [5, 5.41) is 7.06. The van der Waals surface area contributed by atoms with Gasteiger partial charge >= 0.3 is 5.97 Å². The normalized spacial score (nSPS) is 16.6.